The van der Waals surface area contributed by atoms with Gasteiger partial charge >= 0.3 is 6.09 Å². The first-order valence-electron chi connectivity index (χ1n) is 6.65. The van der Waals surface area contributed by atoms with Crippen LogP contribution in [0.2, 0.25) is 0 Å². The quantitative estimate of drug-likeness (QED) is 0.755. The summed E-state index contributed by atoms with van der Waals surface area (Å²) in [7, 11) is 0. The smallest absolute Gasteiger partial charge is 0.410 e. The van der Waals surface area contributed by atoms with Gasteiger partial charge in [0.1, 0.15) is 11.9 Å². The van der Waals surface area contributed by atoms with E-state index < -0.39 is 0 Å². The van der Waals surface area contributed by atoms with Gasteiger partial charge in [-0.1, -0.05) is 0 Å². The molecule has 0 unspecified atom stereocenters. The van der Waals surface area contributed by atoms with Crippen LogP contribution >= 0.6 is 0 Å². The van der Waals surface area contributed by atoms with Crippen LogP contribution in [0.4, 0.5) is 4.79 Å². The standard InChI is InChI=1S/C13H16N2O4/c14-2-1-12(16)8-3-11(4-8)19-13(17)15-9-5-10(15)7-18-6-9/h8-11H,1,3-7H2/t8?,9-,10-,11?/m0/s1. The summed E-state index contributed by atoms with van der Waals surface area (Å²) in [5, 5.41) is 8.45. The lowest BCUT2D eigenvalue weighted by molar-refractivity contribution is -0.135. The molecule has 2 heterocycles. The predicted molar refractivity (Wildman–Crippen MR) is 63.1 cm³/mol. The van der Waals surface area contributed by atoms with Crippen molar-refractivity contribution in [2.24, 2.45) is 5.92 Å². The second kappa shape index (κ2) is 4.82. The van der Waals surface area contributed by atoms with Crippen molar-refractivity contribution >= 4 is 11.9 Å². The number of carbonyl (C=O) groups excluding carboxylic acids is 2. The van der Waals surface area contributed by atoms with Crippen molar-refractivity contribution in [3.05, 3.63) is 0 Å². The lowest BCUT2D eigenvalue weighted by Crippen LogP contribution is -2.66. The van der Waals surface area contributed by atoms with E-state index >= 15 is 0 Å². The first-order chi connectivity index (χ1) is 9.19. The van der Waals surface area contributed by atoms with Crippen LogP contribution in [-0.2, 0) is 14.3 Å². The molecule has 1 saturated carbocycles. The van der Waals surface area contributed by atoms with E-state index in [0.717, 1.165) is 6.42 Å². The maximum atomic E-state index is 12.0. The van der Waals surface area contributed by atoms with Crippen molar-refractivity contribution in [1.82, 2.24) is 4.90 Å². The number of ketones is 1. The number of hydrogen-bond acceptors (Lipinski definition) is 5. The van der Waals surface area contributed by atoms with Crippen LogP contribution in [0.25, 0.3) is 0 Å². The van der Waals surface area contributed by atoms with Crippen LogP contribution < -0.4 is 0 Å². The Morgan fingerprint density at radius 3 is 2.53 bits per heavy atom. The van der Waals surface area contributed by atoms with Gasteiger partial charge in [-0.05, 0) is 19.3 Å². The van der Waals surface area contributed by atoms with E-state index in [1.54, 1.807) is 4.90 Å². The van der Waals surface area contributed by atoms with Crippen LogP contribution in [0, 0.1) is 17.2 Å². The summed E-state index contributed by atoms with van der Waals surface area (Å²) in [5.74, 6) is -0.138. The van der Waals surface area contributed by atoms with Gasteiger partial charge in [-0.15, -0.1) is 0 Å². The highest BCUT2D eigenvalue weighted by Crippen LogP contribution is 2.35. The average Bonchev–Trinajstić information content (AvgIpc) is 2.34. The fourth-order valence-corrected chi connectivity index (χ4v) is 2.99. The van der Waals surface area contributed by atoms with Gasteiger partial charge in [0.25, 0.3) is 0 Å². The highest BCUT2D eigenvalue weighted by molar-refractivity contribution is 5.84. The largest absolute Gasteiger partial charge is 0.446 e. The third-order valence-electron chi connectivity index (χ3n) is 4.23. The van der Waals surface area contributed by atoms with Crippen LogP contribution in [0.3, 0.4) is 0 Å². The normalized spacial score (nSPS) is 35.6. The molecule has 2 aliphatic heterocycles. The van der Waals surface area contributed by atoms with Gasteiger partial charge in [0.15, 0.2) is 0 Å². The number of morpholine rings is 1. The highest BCUT2D eigenvalue weighted by atomic mass is 16.6. The number of carbonyl (C=O) groups is 2. The van der Waals surface area contributed by atoms with E-state index in [1.165, 1.54) is 0 Å². The number of ether oxygens (including phenoxy) is 2. The number of nitrogens with zero attached hydrogens (tertiary/aromatic N) is 2. The summed E-state index contributed by atoms with van der Waals surface area (Å²) in [5.41, 5.74) is 0. The molecular weight excluding hydrogens is 248 g/mol. The van der Waals surface area contributed by atoms with E-state index in [-0.39, 0.29) is 42.4 Å². The van der Waals surface area contributed by atoms with Crippen LogP contribution in [-0.4, -0.2) is 48.2 Å². The SMILES string of the molecule is N#CCC(=O)C1CC(OC(=O)N2[C@@H]3COC[C@@H]2C3)C1. The second-order valence-electron chi connectivity index (χ2n) is 5.46. The molecule has 2 bridgehead atoms. The first kappa shape index (κ1) is 12.4. The van der Waals surface area contributed by atoms with E-state index in [4.69, 9.17) is 14.7 Å². The monoisotopic (exact) mass is 264 g/mol. The molecule has 2 saturated heterocycles. The zero-order valence-electron chi connectivity index (χ0n) is 10.6. The zero-order valence-corrected chi connectivity index (χ0v) is 10.6. The molecule has 1 aliphatic carbocycles. The van der Waals surface area contributed by atoms with Crippen molar-refractivity contribution in [2.75, 3.05) is 13.2 Å². The Morgan fingerprint density at radius 1 is 1.26 bits per heavy atom. The second-order valence-corrected chi connectivity index (χ2v) is 5.46. The van der Waals surface area contributed by atoms with Gasteiger partial charge in [-0.3, -0.25) is 9.69 Å². The summed E-state index contributed by atoms with van der Waals surface area (Å²) in [6.07, 6.45) is 1.64. The molecule has 19 heavy (non-hydrogen) atoms. The molecule has 0 aromatic carbocycles. The molecule has 0 N–H and O–H groups in total. The molecule has 0 aromatic heterocycles. The molecule has 6 nitrogen and oxygen atoms in total. The van der Waals surface area contributed by atoms with Gasteiger partial charge in [0, 0.05) is 5.92 Å². The van der Waals surface area contributed by atoms with Crippen molar-refractivity contribution in [3.63, 3.8) is 0 Å². The van der Waals surface area contributed by atoms with E-state index in [0.29, 0.717) is 26.1 Å². The Labute approximate surface area is 111 Å². The van der Waals surface area contributed by atoms with Gasteiger partial charge < -0.3 is 9.47 Å². The van der Waals surface area contributed by atoms with Crippen molar-refractivity contribution in [3.8, 4) is 6.07 Å². The summed E-state index contributed by atoms with van der Waals surface area (Å²) >= 11 is 0. The molecule has 0 spiro atoms. The summed E-state index contributed by atoms with van der Waals surface area (Å²) < 4.78 is 10.7. The molecular formula is C13H16N2O4. The van der Waals surface area contributed by atoms with Crippen molar-refractivity contribution in [1.29, 1.82) is 5.26 Å². The van der Waals surface area contributed by atoms with Gasteiger partial charge in [0.05, 0.1) is 37.8 Å². The Bertz CT molecular complexity index is 424. The number of amides is 1. The molecule has 3 rings (SSSR count). The predicted octanol–water partition coefficient (Wildman–Crippen LogP) is 0.857. The Kier molecular flexibility index (Phi) is 3.15. The number of Topliss-reactive ketones (excluding diaryl/α,β-unsaturated/α-hetero) is 1. The van der Waals surface area contributed by atoms with Gasteiger partial charge in [-0.25, -0.2) is 4.79 Å². The molecule has 0 aromatic rings. The number of hydrogen-bond donors (Lipinski definition) is 0. The molecule has 6 heteroatoms. The van der Waals surface area contributed by atoms with Crippen molar-refractivity contribution < 1.29 is 19.1 Å². The molecule has 1 amide bonds. The minimum absolute atomic E-state index is 0.0379. The third-order valence-corrected chi connectivity index (χ3v) is 4.23. The zero-order chi connectivity index (χ0) is 13.4. The van der Waals surface area contributed by atoms with Gasteiger partial charge in [0.2, 0.25) is 0 Å². The van der Waals surface area contributed by atoms with Crippen LogP contribution in [0.1, 0.15) is 25.7 Å². The average molecular weight is 264 g/mol. The first-order valence-corrected chi connectivity index (χ1v) is 6.65. The number of nitriles is 1. The minimum atomic E-state index is -0.277. The lowest BCUT2D eigenvalue weighted by Gasteiger charge is -2.51. The fraction of sp³-hybridized carbons (Fsp3) is 0.769. The summed E-state index contributed by atoms with van der Waals surface area (Å²) in [6.45, 7) is 1.19. The minimum Gasteiger partial charge on any atom is -0.446 e. The molecule has 102 valence electrons. The van der Waals surface area contributed by atoms with Crippen LogP contribution in [0.5, 0.6) is 0 Å². The highest BCUT2D eigenvalue weighted by Gasteiger charge is 2.47. The maximum Gasteiger partial charge on any atom is 0.410 e. The van der Waals surface area contributed by atoms with E-state index in [9.17, 15) is 9.59 Å². The number of rotatable bonds is 3. The Hall–Kier alpha value is -1.61. The fourth-order valence-electron chi connectivity index (χ4n) is 2.99. The molecule has 3 fully saturated rings. The van der Waals surface area contributed by atoms with E-state index in [2.05, 4.69) is 0 Å². The Morgan fingerprint density at radius 2 is 1.95 bits per heavy atom. The van der Waals surface area contributed by atoms with E-state index in [1.807, 2.05) is 6.07 Å². The third kappa shape index (κ3) is 2.19. The van der Waals surface area contributed by atoms with Crippen LogP contribution in [0.15, 0.2) is 0 Å². The van der Waals surface area contributed by atoms with Gasteiger partial charge in [-0.2, -0.15) is 5.26 Å². The molecule has 2 atom stereocenters. The maximum absolute atomic E-state index is 12.0. The van der Waals surface area contributed by atoms with Crippen molar-refractivity contribution in [2.45, 2.75) is 43.9 Å². The topological polar surface area (TPSA) is 79.6 Å². The lowest BCUT2D eigenvalue weighted by atomic mass is 9.78. The summed E-state index contributed by atoms with van der Waals surface area (Å²) in [4.78, 5) is 25.1. The number of fused-ring (bicyclic) bond motifs is 2. The Balaban J connectivity index is 1.43. The molecule has 0 radical (unpaired) electrons. The molecule has 3 aliphatic rings. The summed E-state index contributed by atoms with van der Waals surface area (Å²) in [6, 6.07) is 2.19.